The van der Waals surface area contributed by atoms with E-state index < -0.39 is 0 Å². The number of H-pyrrole nitrogens is 1. The predicted octanol–water partition coefficient (Wildman–Crippen LogP) is 5.09. The molecule has 2 heterocycles. The molecule has 0 unspecified atom stereocenters. The lowest BCUT2D eigenvalue weighted by atomic mass is 9.92. The molecule has 4 rings (SSSR count). The molecule has 0 spiro atoms. The third-order valence-corrected chi connectivity index (χ3v) is 6.27. The van der Waals surface area contributed by atoms with Crippen LogP contribution in [0.15, 0.2) is 64.7 Å². The Morgan fingerprint density at radius 3 is 2.33 bits per heavy atom. The van der Waals surface area contributed by atoms with Gasteiger partial charge in [0.2, 0.25) is 5.91 Å². The Kier molecular flexibility index (Phi) is 6.65. The summed E-state index contributed by atoms with van der Waals surface area (Å²) >= 11 is 1.19. The van der Waals surface area contributed by atoms with Crippen LogP contribution in [0.25, 0.3) is 16.7 Å². The van der Waals surface area contributed by atoms with Gasteiger partial charge in [-0.05, 0) is 35.1 Å². The number of carbonyl (C=O) groups is 1. The van der Waals surface area contributed by atoms with Crippen LogP contribution >= 0.6 is 11.8 Å². The van der Waals surface area contributed by atoms with Crippen molar-refractivity contribution in [1.29, 1.82) is 0 Å². The van der Waals surface area contributed by atoms with Crippen molar-refractivity contribution in [3.63, 3.8) is 0 Å². The second-order valence-electron chi connectivity index (χ2n) is 8.46. The highest BCUT2D eigenvalue weighted by atomic mass is 32.2. The Balaban J connectivity index is 1.56. The van der Waals surface area contributed by atoms with E-state index in [1.807, 2.05) is 36.4 Å². The molecule has 0 bridgehead atoms. The number of fused-ring (bicyclic) bond motifs is 1. The molecule has 0 saturated heterocycles. The van der Waals surface area contributed by atoms with Crippen LogP contribution in [-0.4, -0.2) is 31.4 Å². The first kappa shape index (κ1) is 22.8. The number of nitrogens with one attached hydrogen (secondary N) is 2. The second-order valence-corrected chi connectivity index (χ2v) is 9.42. The van der Waals surface area contributed by atoms with Gasteiger partial charge in [0.1, 0.15) is 5.39 Å². The number of benzene rings is 2. The number of hydrogen-bond donors (Lipinski definition) is 2. The van der Waals surface area contributed by atoms with E-state index >= 15 is 0 Å². The van der Waals surface area contributed by atoms with E-state index in [2.05, 4.69) is 60.2 Å². The van der Waals surface area contributed by atoms with E-state index in [9.17, 15) is 9.59 Å². The highest BCUT2D eigenvalue weighted by Gasteiger charge is 2.17. The fourth-order valence-corrected chi connectivity index (χ4v) is 4.39. The summed E-state index contributed by atoms with van der Waals surface area (Å²) in [5.41, 5.74) is 4.09. The molecule has 33 heavy (non-hydrogen) atoms. The van der Waals surface area contributed by atoms with Gasteiger partial charge in [0, 0.05) is 5.69 Å². The lowest BCUT2D eigenvalue weighted by Crippen LogP contribution is -2.18. The summed E-state index contributed by atoms with van der Waals surface area (Å²) in [5.74, 6) is 0.544. The first-order valence-electron chi connectivity index (χ1n) is 10.9. The molecule has 0 aliphatic heterocycles. The normalized spacial score (nSPS) is 11.5. The van der Waals surface area contributed by atoms with Gasteiger partial charge < -0.3 is 10.3 Å². The van der Waals surface area contributed by atoms with Crippen molar-refractivity contribution in [2.45, 2.75) is 44.7 Å². The summed E-state index contributed by atoms with van der Waals surface area (Å²) in [4.78, 5) is 32.7. The van der Waals surface area contributed by atoms with Gasteiger partial charge in [0.15, 0.2) is 10.8 Å². The van der Waals surface area contributed by atoms with Gasteiger partial charge >= 0.3 is 0 Å². The maximum Gasteiger partial charge on any atom is 0.262 e. The van der Waals surface area contributed by atoms with Gasteiger partial charge in [0.25, 0.3) is 5.56 Å². The monoisotopic (exact) mass is 461 g/mol. The van der Waals surface area contributed by atoms with Gasteiger partial charge in [-0.25, -0.2) is 9.67 Å². The van der Waals surface area contributed by atoms with Crippen LogP contribution in [0.1, 0.15) is 50.7 Å². The fourth-order valence-electron chi connectivity index (χ4n) is 3.73. The average Bonchev–Trinajstić information content (AvgIpc) is 3.22. The summed E-state index contributed by atoms with van der Waals surface area (Å²) < 4.78 is 1.63. The standard InChI is InChI=1S/C25H27N5O2S/c1-15(2)18-11-8-12-19(16(3)4)22(18)27-21(31)14-33-25-28-23-20(24(32)29-25)13-26-30(23)17-9-6-5-7-10-17/h5-13,15-16H,14H2,1-4H3,(H,27,31)(H,28,29,32). The molecule has 1 amide bonds. The number of anilines is 1. The molecule has 170 valence electrons. The Bertz CT molecular complexity index is 1320. The molecule has 0 atom stereocenters. The lowest BCUT2D eigenvalue weighted by Gasteiger charge is -2.20. The average molecular weight is 462 g/mol. The molecular weight excluding hydrogens is 434 g/mol. The van der Waals surface area contributed by atoms with Crippen LogP contribution in [0.2, 0.25) is 0 Å². The summed E-state index contributed by atoms with van der Waals surface area (Å²) in [6.07, 6.45) is 1.51. The van der Waals surface area contributed by atoms with Crippen molar-refractivity contribution in [1.82, 2.24) is 19.7 Å². The van der Waals surface area contributed by atoms with Gasteiger partial charge in [-0.2, -0.15) is 5.10 Å². The zero-order valence-electron chi connectivity index (χ0n) is 19.1. The SMILES string of the molecule is CC(C)c1cccc(C(C)C)c1NC(=O)CSc1nc2c(cnn2-c2ccccc2)c(=O)[nH]1. The molecular formula is C25H27N5O2S. The summed E-state index contributed by atoms with van der Waals surface area (Å²) in [6, 6.07) is 15.6. The van der Waals surface area contributed by atoms with E-state index in [4.69, 9.17) is 0 Å². The second kappa shape index (κ2) is 9.62. The van der Waals surface area contributed by atoms with Crippen molar-refractivity contribution < 1.29 is 4.79 Å². The third-order valence-electron chi connectivity index (χ3n) is 5.39. The molecule has 2 N–H and O–H groups in total. The summed E-state index contributed by atoms with van der Waals surface area (Å²) in [7, 11) is 0. The number of aromatic amines is 1. The minimum absolute atomic E-state index is 0.123. The quantitative estimate of drug-likeness (QED) is 0.296. The van der Waals surface area contributed by atoms with Crippen LogP contribution in [0.5, 0.6) is 0 Å². The van der Waals surface area contributed by atoms with Gasteiger partial charge in [-0.3, -0.25) is 9.59 Å². The fraction of sp³-hybridized carbons (Fsp3) is 0.280. The van der Waals surface area contributed by atoms with Crippen LogP contribution < -0.4 is 10.9 Å². The van der Waals surface area contributed by atoms with E-state index in [0.717, 1.165) is 22.5 Å². The maximum absolute atomic E-state index is 12.9. The van der Waals surface area contributed by atoms with E-state index in [-0.39, 0.29) is 29.1 Å². The molecule has 8 heteroatoms. The van der Waals surface area contributed by atoms with Crippen LogP contribution in [0.3, 0.4) is 0 Å². The van der Waals surface area contributed by atoms with Crippen molar-refractivity contribution >= 4 is 34.4 Å². The Hall–Kier alpha value is -3.39. The highest BCUT2D eigenvalue weighted by Crippen LogP contribution is 2.32. The Morgan fingerprint density at radius 2 is 1.70 bits per heavy atom. The predicted molar refractivity (Wildman–Crippen MR) is 133 cm³/mol. The lowest BCUT2D eigenvalue weighted by molar-refractivity contribution is -0.113. The van der Waals surface area contributed by atoms with Crippen molar-refractivity contribution in [3.05, 3.63) is 76.2 Å². The van der Waals surface area contributed by atoms with Crippen molar-refractivity contribution in [2.24, 2.45) is 0 Å². The van der Waals surface area contributed by atoms with Gasteiger partial charge in [0.05, 0.1) is 17.6 Å². The third kappa shape index (κ3) is 4.85. The maximum atomic E-state index is 12.9. The number of nitrogens with zero attached hydrogens (tertiary/aromatic N) is 3. The number of amides is 1. The zero-order chi connectivity index (χ0) is 23.5. The molecule has 4 aromatic rings. The van der Waals surface area contributed by atoms with Crippen molar-refractivity contribution in [3.8, 4) is 5.69 Å². The molecule has 0 saturated carbocycles. The highest BCUT2D eigenvalue weighted by molar-refractivity contribution is 7.99. The minimum atomic E-state index is -0.280. The number of hydrogen-bond acceptors (Lipinski definition) is 5. The number of thioether (sulfide) groups is 1. The van der Waals surface area contributed by atoms with Gasteiger partial charge in [-0.1, -0.05) is 75.9 Å². The number of rotatable bonds is 7. The number of aromatic nitrogens is 4. The Morgan fingerprint density at radius 1 is 1.03 bits per heavy atom. The molecule has 0 radical (unpaired) electrons. The summed E-state index contributed by atoms with van der Waals surface area (Å²) in [5, 5.41) is 8.19. The first-order valence-corrected chi connectivity index (χ1v) is 11.9. The zero-order valence-corrected chi connectivity index (χ0v) is 19.9. The topological polar surface area (TPSA) is 92.7 Å². The van der Waals surface area contributed by atoms with Crippen LogP contribution in [0, 0.1) is 0 Å². The molecule has 0 aliphatic carbocycles. The number of carbonyl (C=O) groups excluding carboxylic acids is 1. The Labute approximate surface area is 196 Å². The minimum Gasteiger partial charge on any atom is -0.325 e. The van der Waals surface area contributed by atoms with E-state index in [1.54, 1.807) is 4.68 Å². The molecule has 2 aromatic heterocycles. The molecule has 0 aliphatic rings. The molecule has 2 aromatic carbocycles. The smallest absolute Gasteiger partial charge is 0.262 e. The van der Waals surface area contributed by atoms with E-state index in [0.29, 0.717) is 16.2 Å². The first-order chi connectivity index (χ1) is 15.8. The van der Waals surface area contributed by atoms with Crippen LogP contribution in [0.4, 0.5) is 5.69 Å². The van der Waals surface area contributed by atoms with Crippen LogP contribution in [-0.2, 0) is 4.79 Å². The summed E-state index contributed by atoms with van der Waals surface area (Å²) in [6.45, 7) is 8.46. The molecule has 0 fully saturated rings. The van der Waals surface area contributed by atoms with E-state index in [1.165, 1.54) is 18.0 Å². The molecule has 7 nitrogen and oxygen atoms in total. The number of para-hydroxylation sites is 2. The van der Waals surface area contributed by atoms with Gasteiger partial charge in [-0.15, -0.1) is 0 Å². The van der Waals surface area contributed by atoms with Crippen molar-refractivity contribution in [2.75, 3.05) is 11.1 Å². The largest absolute Gasteiger partial charge is 0.325 e.